The molecule has 1 aliphatic heterocycles. The van der Waals surface area contributed by atoms with Gasteiger partial charge in [0.1, 0.15) is 6.04 Å². The second-order valence-electron chi connectivity index (χ2n) is 6.10. The number of halogens is 1. The molecule has 124 valence electrons. The van der Waals surface area contributed by atoms with Gasteiger partial charge in [-0.2, -0.15) is 0 Å². The second kappa shape index (κ2) is 7.94. The van der Waals surface area contributed by atoms with Crippen molar-refractivity contribution >= 4 is 33.7 Å². The summed E-state index contributed by atoms with van der Waals surface area (Å²) in [4.78, 5) is 37.4. The Balaban J connectivity index is 1.81. The summed E-state index contributed by atoms with van der Waals surface area (Å²) in [6, 6.07) is -0.748. The highest BCUT2D eigenvalue weighted by Crippen LogP contribution is 2.28. The molecule has 2 aliphatic rings. The van der Waals surface area contributed by atoms with E-state index in [4.69, 9.17) is 0 Å². The van der Waals surface area contributed by atoms with Crippen molar-refractivity contribution in [1.29, 1.82) is 0 Å². The highest BCUT2D eigenvalue weighted by Gasteiger charge is 2.32. The summed E-state index contributed by atoms with van der Waals surface area (Å²) in [6.07, 6.45) is 5.74. The fourth-order valence-electron chi connectivity index (χ4n) is 3.21. The molecule has 0 aromatic carbocycles. The van der Waals surface area contributed by atoms with E-state index in [-0.39, 0.29) is 24.3 Å². The summed E-state index contributed by atoms with van der Waals surface area (Å²) in [6.45, 7) is 0.358. The van der Waals surface area contributed by atoms with Gasteiger partial charge in [-0.1, -0.05) is 15.9 Å². The minimum absolute atomic E-state index is 0.0294. The zero-order chi connectivity index (χ0) is 16.1. The highest BCUT2D eigenvalue weighted by atomic mass is 79.9. The Kier molecular flexibility index (Phi) is 6.23. The van der Waals surface area contributed by atoms with Crippen molar-refractivity contribution in [3.8, 4) is 0 Å². The molecule has 0 radical (unpaired) electrons. The number of nitrogens with zero attached hydrogens (tertiary/aromatic N) is 1. The van der Waals surface area contributed by atoms with Crippen LogP contribution in [0.5, 0.6) is 0 Å². The number of alkyl halides is 1. The number of hydrogen-bond acceptors (Lipinski definition) is 3. The molecule has 2 N–H and O–H groups in total. The number of rotatable bonds is 4. The molecule has 0 unspecified atom stereocenters. The van der Waals surface area contributed by atoms with E-state index in [1.165, 1.54) is 4.90 Å². The van der Waals surface area contributed by atoms with E-state index in [9.17, 15) is 19.5 Å². The lowest BCUT2D eigenvalue weighted by Gasteiger charge is -2.33. The molecule has 1 saturated carbocycles. The molecule has 1 aliphatic carbocycles. The monoisotopic (exact) mass is 374 g/mol. The van der Waals surface area contributed by atoms with Gasteiger partial charge in [-0.05, 0) is 44.9 Å². The van der Waals surface area contributed by atoms with Crippen LogP contribution in [-0.4, -0.2) is 51.7 Å². The molecule has 22 heavy (non-hydrogen) atoms. The molecule has 7 heteroatoms. The van der Waals surface area contributed by atoms with Gasteiger partial charge < -0.3 is 15.3 Å². The maximum absolute atomic E-state index is 12.2. The van der Waals surface area contributed by atoms with E-state index >= 15 is 0 Å². The van der Waals surface area contributed by atoms with E-state index in [0.717, 1.165) is 38.5 Å². The molecule has 1 heterocycles. The Morgan fingerprint density at radius 2 is 1.77 bits per heavy atom. The van der Waals surface area contributed by atoms with E-state index < -0.39 is 12.0 Å². The molecule has 0 aromatic rings. The molecule has 6 nitrogen and oxygen atoms in total. The number of aliphatic carboxylic acids is 1. The summed E-state index contributed by atoms with van der Waals surface area (Å²) in [5.41, 5.74) is 0. The quantitative estimate of drug-likeness (QED) is 0.730. The largest absolute Gasteiger partial charge is 0.480 e. The molecule has 1 saturated heterocycles. The van der Waals surface area contributed by atoms with Gasteiger partial charge in [0, 0.05) is 17.3 Å². The van der Waals surface area contributed by atoms with E-state index in [2.05, 4.69) is 21.2 Å². The third-order valence-electron chi connectivity index (χ3n) is 4.55. The van der Waals surface area contributed by atoms with Gasteiger partial charge in [-0.15, -0.1) is 0 Å². The predicted molar refractivity (Wildman–Crippen MR) is 84.7 cm³/mol. The number of carboxylic acid groups (broad SMARTS) is 1. The SMILES string of the molecule is O=C(NCC(=O)N1CCCC[C@H]1C(=O)O)C1CCC(Br)CC1. The Bertz CT molecular complexity index is 435. The molecule has 2 rings (SSSR count). The van der Waals surface area contributed by atoms with Crippen LogP contribution in [0.15, 0.2) is 0 Å². The minimum atomic E-state index is -0.963. The normalized spacial score (nSPS) is 29.0. The summed E-state index contributed by atoms with van der Waals surface area (Å²) in [5.74, 6) is -1.38. The van der Waals surface area contributed by atoms with Gasteiger partial charge in [0.05, 0.1) is 6.54 Å². The summed E-state index contributed by atoms with van der Waals surface area (Å²) >= 11 is 3.55. The van der Waals surface area contributed by atoms with Crippen LogP contribution in [0.3, 0.4) is 0 Å². The zero-order valence-electron chi connectivity index (χ0n) is 12.6. The van der Waals surface area contributed by atoms with Crippen LogP contribution in [-0.2, 0) is 14.4 Å². The van der Waals surface area contributed by atoms with Crippen LogP contribution in [0.1, 0.15) is 44.9 Å². The molecule has 1 atom stereocenters. The first-order valence-electron chi connectivity index (χ1n) is 7.93. The minimum Gasteiger partial charge on any atom is -0.480 e. The number of carbonyl (C=O) groups is 3. The van der Waals surface area contributed by atoms with E-state index in [0.29, 0.717) is 17.8 Å². The molecule has 2 fully saturated rings. The van der Waals surface area contributed by atoms with E-state index in [1.54, 1.807) is 0 Å². The van der Waals surface area contributed by atoms with Crippen LogP contribution in [0.4, 0.5) is 0 Å². The van der Waals surface area contributed by atoms with Crippen molar-refractivity contribution in [1.82, 2.24) is 10.2 Å². The summed E-state index contributed by atoms with van der Waals surface area (Å²) in [5, 5.41) is 11.9. The first-order valence-corrected chi connectivity index (χ1v) is 8.84. The van der Waals surface area contributed by atoms with Gasteiger partial charge in [0.15, 0.2) is 0 Å². The molecular weight excluding hydrogens is 352 g/mol. The Morgan fingerprint density at radius 3 is 2.41 bits per heavy atom. The van der Waals surface area contributed by atoms with Crippen LogP contribution in [0, 0.1) is 5.92 Å². The van der Waals surface area contributed by atoms with Gasteiger partial charge in [-0.3, -0.25) is 9.59 Å². The number of carbonyl (C=O) groups excluding carboxylic acids is 2. The van der Waals surface area contributed by atoms with Crippen molar-refractivity contribution in [2.75, 3.05) is 13.1 Å². The molecule has 0 spiro atoms. The van der Waals surface area contributed by atoms with Crippen LogP contribution >= 0.6 is 15.9 Å². The first kappa shape index (κ1) is 17.2. The Morgan fingerprint density at radius 1 is 1.09 bits per heavy atom. The standard InChI is InChI=1S/C15H23BrN2O4/c16-11-6-4-10(5-7-11)14(20)17-9-13(19)18-8-2-1-3-12(18)15(21)22/h10-12H,1-9H2,(H,17,20)(H,21,22)/t10?,11?,12-/m0/s1. The van der Waals surface area contributed by atoms with Gasteiger partial charge in [0.25, 0.3) is 0 Å². The average molecular weight is 375 g/mol. The van der Waals surface area contributed by atoms with Crippen molar-refractivity contribution < 1.29 is 19.5 Å². The average Bonchev–Trinajstić information content (AvgIpc) is 2.53. The lowest BCUT2D eigenvalue weighted by Crippen LogP contribution is -2.51. The fraction of sp³-hybridized carbons (Fsp3) is 0.800. The topological polar surface area (TPSA) is 86.7 Å². The third-order valence-corrected chi connectivity index (χ3v) is 5.47. The number of carboxylic acids is 1. The summed E-state index contributed by atoms with van der Waals surface area (Å²) < 4.78 is 0. The van der Waals surface area contributed by atoms with Crippen molar-refractivity contribution in [3.63, 3.8) is 0 Å². The maximum Gasteiger partial charge on any atom is 0.326 e. The lowest BCUT2D eigenvalue weighted by atomic mass is 9.88. The Labute approximate surface area is 138 Å². The second-order valence-corrected chi connectivity index (χ2v) is 7.40. The van der Waals surface area contributed by atoms with Crippen LogP contribution in [0.2, 0.25) is 0 Å². The molecule has 0 aromatic heterocycles. The summed E-state index contributed by atoms with van der Waals surface area (Å²) in [7, 11) is 0. The van der Waals surface area contributed by atoms with Crippen molar-refractivity contribution in [2.24, 2.45) is 5.92 Å². The predicted octanol–water partition coefficient (Wildman–Crippen LogP) is 1.52. The zero-order valence-corrected chi connectivity index (χ0v) is 14.2. The fourth-order valence-corrected chi connectivity index (χ4v) is 3.74. The van der Waals surface area contributed by atoms with Gasteiger partial charge in [-0.25, -0.2) is 4.79 Å². The van der Waals surface area contributed by atoms with Crippen molar-refractivity contribution in [2.45, 2.75) is 55.8 Å². The number of hydrogen-bond donors (Lipinski definition) is 2. The molecule has 2 amide bonds. The maximum atomic E-state index is 12.2. The first-order chi connectivity index (χ1) is 10.5. The third kappa shape index (κ3) is 4.44. The number of piperidine rings is 1. The van der Waals surface area contributed by atoms with Gasteiger partial charge in [0.2, 0.25) is 11.8 Å². The Hall–Kier alpha value is -1.11. The highest BCUT2D eigenvalue weighted by molar-refractivity contribution is 9.09. The number of nitrogens with one attached hydrogen (secondary N) is 1. The van der Waals surface area contributed by atoms with Crippen LogP contribution in [0.25, 0.3) is 0 Å². The van der Waals surface area contributed by atoms with Gasteiger partial charge >= 0.3 is 5.97 Å². The molecule has 0 bridgehead atoms. The van der Waals surface area contributed by atoms with E-state index in [1.807, 2.05) is 0 Å². The van der Waals surface area contributed by atoms with Crippen LogP contribution < -0.4 is 5.32 Å². The molecular formula is C15H23BrN2O4. The smallest absolute Gasteiger partial charge is 0.326 e. The number of likely N-dealkylation sites (tertiary alicyclic amines) is 1. The lowest BCUT2D eigenvalue weighted by molar-refractivity contribution is -0.151. The van der Waals surface area contributed by atoms with Crippen molar-refractivity contribution in [3.05, 3.63) is 0 Å². The number of amides is 2.